The van der Waals surface area contributed by atoms with Gasteiger partial charge in [0.2, 0.25) is 5.91 Å². The number of nitrogens with two attached hydrogens (primary N) is 1. The molecule has 0 saturated carbocycles. The highest BCUT2D eigenvalue weighted by molar-refractivity contribution is 7.10. The third kappa shape index (κ3) is 3.04. The van der Waals surface area contributed by atoms with Crippen molar-refractivity contribution in [1.82, 2.24) is 5.32 Å². The van der Waals surface area contributed by atoms with E-state index in [2.05, 4.69) is 5.32 Å². The molecule has 1 aromatic rings. The smallest absolute Gasteiger partial charge is 0.240 e. The van der Waals surface area contributed by atoms with Crippen LogP contribution in [-0.4, -0.2) is 11.4 Å². The van der Waals surface area contributed by atoms with Crippen molar-refractivity contribution in [2.24, 2.45) is 5.73 Å². The van der Waals surface area contributed by atoms with Crippen LogP contribution in [0.1, 0.15) is 30.7 Å². The van der Waals surface area contributed by atoms with E-state index in [9.17, 15) is 4.79 Å². The molecule has 3 nitrogen and oxygen atoms in total. The Labute approximate surface area is 94.7 Å². The molecule has 4 heteroatoms. The molecule has 0 fully saturated rings. The zero-order valence-electron chi connectivity index (χ0n) is 9.46. The van der Waals surface area contributed by atoms with E-state index in [0.29, 0.717) is 13.0 Å². The monoisotopic (exact) mass is 226 g/mol. The van der Waals surface area contributed by atoms with Gasteiger partial charge in [-0.3, -0.25) is 4.79 Å². The molecular formula is C11H18N2OS. The fourth-order valence-corrected chi connectivity index (χ4v) is 1.95. The second-order valence-corrected chi connectivity index (χ2v) is 4.98. The lowest BCUT2D eigenvalue weighted by molar-refractivity contribution is -0.126. The maximum atomic E-state index is 11.7. The van der Waals surface area contributed by atoms with Gasteiger partial charge in [0.1, 0.15) is 0 Å². The molecule has 1 aromatic heterocycles. The van der Waals surface area contributed by atoms with Crippen LogP contribution in [0.15, 0.2) is 11.4 Å². The van der Waals surface area contributed by atoms with Crippen molar-refractivity contribution in [3.05, 3.63) is 21.9 Å². The first-order valence-electron chi connectivity index (χ1n) is 5.07. The average Bonchev–Trinajstić information content (AvgIpc) is 2.60. The molecule has 1 amide bonds. The van der Waals surface area contributed by atoms with Crippen LogP contribution >= 0.6 is 11.3 Å². The molecule has 1 heterocycles. The van der Waals surface area contributed by atoms with Crippen molar-refractivity contribution < 1.29 is 4.79 Å². The van der Waals surface area contributed by atoms with Crippen molar-refractivity contribution in [2.45, 2.75) is 39.3 Å². The summed E-state index contributed by atoms with van der Waals surface area (Å²) in [5.74, 6) is -0.0854. The van der Waals surface area contributed by atoms with E-state index in [0.717, 1.165) is 0 Å². The summed E-state index contributed by atoms with van der Waals surface area (Å²) in [5, 5.41) is 4.89. The van der Waals surface area contributed by atoms with Gasteiger partial charge < -0.3 is 11.1 Å². The van der Waals surface area contributed by atoms with Gasteiger partial charge in [0.15, 0.2) is 0 Å². The Balaban J connectivity index is 2.52. The molecule has 84 valence electrons. The predicted molar refractivity (Wildman–Crippen MR) is 63.8 cm³/mol. The van der Waals surface area contributed by atoms with Crippen molar-refractivity contribution in [2.75, 3.05) is 0 Å². The fourth-order valence-electron chi connectivity index (χ4n) is 1.11. The number of rotatable bonds is 4. The molecule has 3 N–H and O–H groups in total. The van der Waals surface area contributed by atoms with Crippen molar-refractivity contribution in [1.29, 1.82) is 0 Å². The van der Waals surface area contributed by atoms with Gasteiger partial charge in [0.05, 0.1) is 12.1 Å². The Morgan fingerprint density at radius 2 is 2.33 bits per heavy atom. The van der Waals surface area contributed by atoms with Crippen LogP contribution in [0.3, 0.4) is 0 Å². The standard InChI is InChI=1S/C11H18N2OS/c1-4-11(3,12)10(14)13-7-9-8(2)5-6-15-9/h5-6H,4,7,12H2,1-3H3,(H,13,14). The maximum Gasteiger partial charge on any atom is 0.240 e. The van der Waals surface area contributed by atoms with E-state index in [1.54, 1.807) is 18.3 Å². The average molecular weight is 226 g/mol. The van der Waals surface area contributed by atoms with E-state index < -0.39 is 5.54 Å². The quantitative estimate of drug-likeness (QED) is 0.822. The number of amides is 1. The zero-order chi connectivity index (χ0) is 11.5. The molecule has 0 aromatic carbocycles. The lowest BCUT2D eigenvalue weighted by Crippen LogP contribution is -2.50. The number of hydrogen-bond donors (Lipinski definition) is 2. The van der Waals surface area contributed by atoms with E-state index >= 15 is 0 Å². The van der Waals surface area contributed by atoms with Crippen LogP contribution in [-0.2, 0) is 11.3 Å². The number of aryl methyl sites for hydroxylation is 1. The molecule has 0 bridgehead atoms. The summed E-state index contributed by atoms with van der Waals surface area (Å²) in [4.78, 5) is 12.9. The number of carbonyl (C=O) groups is 1. The van der Waals surface area contributed by atoms with Gasteiger partial charge >= 0.3 is 0 Å². The summed E-state index contributed by atoms with van der Waals surface area (Å²) in [7, 11) is 0. The first-order chi connectivity index (χ1) is 6.97. The molecule has 0 aliphatic rings. The maximum absolute atomic E-state index is 11.7. The van der Waals surface area contributed by atoms with Gasteiger partial charge in [0.25, 0.3) is 0 Å². The van der Waals surface area contributed by atoms with Crippen LogP contribution in [0, 0.1) is 6.92 Å². The van der Waals surface area contributed by atoms with Gasteiger partial charge in [-0.2, -0.15) is 0 Å². The highest BCUT2D eigenvalue weighted by Gasteiger charge is 2.25. The zero-order valence-corrected chi connectivity index (χ0v) is 10.3. The van der Waals surface area contributed by atoms with Crippen LogP contribution in [0.2, 0.25) is 0 Å². The predicted octanol–water partition coefficient (Wildman–Crippen LogP) is 1.80. The Bertz CT molecular complexity index is 344. The third-order valence-electron chi connectivity index (χ3n) is 2.63. The largest absolute Gasteiger partial charge is 0.350 e. The van der Waals surface area contributed by atoms with Crippen LogP contribution in [0.25, 0.3) is 0 Å². The molecule has 15 heavy (non-hydrogen) atoms. The summed E-state index contributed by atoms with van der Waals surface area (Å²) in [6.07, 6.45) is 0.641. The summed E-state index contributed by atoms with van der Waals surface area (Å²) in [6, 6.07) is 2.05. The SMILES string of the molecule is CCC(C)(N)C(=O)NCc1sccc1C. The molecule has 0 aliphatic heterocycles. The minimum absolute atomic E-state index is 0.0854. The first kappa shape index (κ1) is 12.2. The highest BCUT2D eigenvalue weighted by atomic mass is 32.1. The van der Waals surface area contributed by atoms with Crippen LogP contribution < -0.4 is 11.1 Å². The van der Waals surface area contributed by atoms with E-state index in [1.165, 1.54) is 10.4 Å². The minimum Gasteiger partial charge on any atom is -0.350 e. The number of hydrogen-bond acceptors (Lipinski definition) is 3. The second kappa shape index (κ2) is 4.77. The summed E-state index contributed by atoms with van der Waals surface area (Å²) < 4.78 is 0. The topological polar surface area (TPSA) is 55.1 Å². The van der Waals surface area contributed by atoms with E-state index in [4.69, 9.17) is 5.73 Å². The molecule has 0 spiro atoms. The Kier molecular flexibility index (Phi) is 3.88. The van der Waals surface area contributed by atoms with E-state index in [1.807, 2.05) is 25.3 Å². The summed E-state index contributed by atoms with van der Waals surface area (Å²) >= 11 is 1.65. The molecule has 0 saturated heterocycles. The summed E-state index contributed by atoms with van der Waals surface area (Å²) in [5.41, 5.74) is 6.29. The van der Waals surface area contributed by atoms with Crippen molar-refractivity contribution in [3.8, 4) is 0 Å². The Morgan fingerprint density at radius 3 is 2.80 bits per heavy atom. The van der Waals surface area contributed by atoms with Crippen LogP contribution in [0.5, 0.6) is 0 Å². The molecular weight excluding hydrogens is 208 g/mol. The molecule has 0 radical (unpaired) electrons. The van der Waals surface area contributed by atoms with Gasteiger partial charge in [-0.1, -0.05) is 6.92 Å². The lowest BCUT2D eigenvalue weighted by Gasteiger charge is -2.21. The first-order valence-corrected chi connectivity index (χ1v) is 5.95. The highest BCUT2D eigenvalue weighted by Crippen LogP contribution is 2.15. The number of carbonyl (C=O) groups excluding carboxylic acids is 1. The van der Waals surface area contributed by atoms with Crippen LogP contribution in [0.4, 0.5) is 0 Å². The number of nitrogens with one attached hydrogen (secondary N) is 1. The fraction of sp³-hybridized carbons (Fsp3) is 0.545. The van der Waals surface area contributed by atoms with Crippen molar-refractivity contribution >= 4 is 17.2 Å². The van der Waals surface area contributed by atoms with Gasteiger partial charge in [-0.25, -0.2) is 0 Å². The lowest BCUT2D eigenvalue weighted by atomic mass is 10.00. The minimum atomic E-state index is -0.759. The summed E-state index contributed by atoms with van der Waals surface area (Å²) in [6.45, 7) is 6.29. The molecule has 1 unspecified atom stereocenters. The van der Waals surface area contributed by atoms with Gasteiger partial charge in [-0.15, -0.1) is 11.3 Å². The van der Waals surface area contributed by atoms with Gasteiger partial charge in [0, 0.05) is 4.88 Å². The van der Waals surface area contributed by atoms with Crippen molar-refractivity contribution in [3.63, 3.8) is 0 Å². The Hall–Kier alpha value is -0.870. The third-order valence-corrected chi connectivity index (χ3v) is 3.65. The van der Waals surface area contributed by atoms with E-state index in [-0.39, 0.29) is 5.91 Å². The van der Waals surface area contributed by atoms with Gasteiger partial charge in [-0.05, 0) is 37.3 Å². The number of thiophene rings is 1. The second-order valence-electron chi connectivity index (χ2n) is 3.98. The molecule has 1 atom stereocenters. The molecule has 1 rings (SSSR count). The Morgan fingerprint density at radius 1 is 1.67 bits per heavy atom. The molecule has 0 aliphatic carbocycles. The normalized spacial score (nSPS) is 14.7.